The number of nitriles is 2. The standard InChI is InChI=1S/C18H23N5O2S/c1-14(2)26(24,25)18-5-4-16(23-8-6-22(3)7-9-23)10-17(18)21-13-15(11-19)12-20/h4-5,10,13-14,21H,6-9H2,1-3H3. The molecule has 1 aliphatic heterocycles. The maximum absolute atomic E-state index is 12.7. The van der Waals surface area contributed by atoms with Crippen molar-refractivity contribution < 1.29 is 8.42 Å². The quantitative estimate of drug-likeness (QED) is 0.788. The number of anilines is 2. The van der Waals surface area contributed by atoms with Gasteiger partial charge in [0.15, 0.2) is 9.84 Å². The van der Waals surface area contributed by atoms with Crippen LogP contribution >= 0.6 is 0 Å². The number of nitrogens with one attached hydrogen (secondary N) is 1. The number of hydrogen-bond acceptors (Lipinski definition) is 7. The highest BCUT2D eigenvalue weighted by molar-refractivity contribution is 7.92. The highest BCUT2D eigenvalue weighted by Gasteiger charge is 2.24. The van der Waals surface area contributed by atoms with E-state index in [2.05, 4.69) is 22.2 Å². The molecule has 26 heavy (non-hydrogen) atoms. The SMILES string of the molecule is CC(C)S(=O)(=O)c1ccc(N2CCN(C)CC2)cc1NC=C(C#N)C#N. The first kappa shape index (κ1) is 19.8. The molecule has 0 radical (unpaired) electrons. The summed E-state index contributed by atoms with van der Waals surface area (Å²) in [7, 11) is -1.44. The lowest BCUT2D eigenvalue weighted by atomic mass is 10.2. The molecule has 1 N–H and O–H groups in total. The average molecular weight is 373 g/mol. The molecule has 1 aromatic rings. The molecule has 7 nitrogen and oxygen atoms in total. The highest BCUT2D eigenvalue weighted by atomic mass is 32.2. The van der Waals surface area contributed by atoms with E-state index in [9.17, 15) is 8.42 Å². The predicted molar refractivity (Wildman–Crippen MR) is 101 cm³/mol. The van der Waals surface area contributed by atoms with Gasteiger partial charge in [-0.3, -0.25) is 0 Å². The van der Waals surface area contributed by atoms with Crippen LogP contribution in [0, 0.1) is 22.7 Å². The van der Waals surface area contributed by atoms with Crippen LogP contribution in [-0.4, -0.2) is 51.8 Å². The minimum Gasteiger partial charge on any atom is -0.369 e. The predicted octanol–water partition coefficient (Wildman–Crippen LogP) is 1.96. The van der Waals surface area contributed by atoms with Gasteiger partial charge in [-0.2, -0.15) is 10.5 Å². The second-order valence-corrected chi connectivity index (χ2v) is 8.96. The van der Waals surface area contributed by atoms with Crippen molar-refractivity contribution in [1.29, 1.82) is 10.5 Å². The summed E-state index contributed by atoms with van der Waals surface area (Å²) in [6.07, 6.45) is 1.24. The number of piperazine rings is 1. The van der Waals surface area contributed by atoms with Gasteiger partial charge in [0.05, 0.1) is 15.8 Å². The Bertz CT molecular complexity index is 854. The first-order valence-corrected chi connectivity index (χ1v) is 9.92. The van der Waals surface area contributed by atoms with E-state index in [1.807, 2.05) is 6.07 Å². The summed E-state index contributed by atoms with van der Waals surface area (Å²) in [5, 5.41) is 20.1. The second kappa shape index (κ2) is 8.22. The molecule has 1 saturated heterocycles. The van der Waals surface area contributed by atoms with Gasteiger partial charge in [0.1, 0.15) is 17.7 Å². The van der Waals surface area contributed by atoms with Crippen molar-refractivity contribution in [3.63, 3.8) is 0 Å². The Morgan fingerprint density at radius 2 is 1.81 bits per heavy atom. The third-order valence-electron chi connectivity index (χ3n) is 4.37. The van der Waals surface area contributed by atoms with Crippen LogP contribution in [0.25, 0.3) is 0 Å². The Hall–Kier alpha value is -2.55. The monoisotopic (exact) mass is 373 g/mol. The van der Waals surface area contributed by atoms with Crippen LogP contribution in [0.2, 0.25) is 0 Å². The molecule has 0 amide bonds. The summed E-state index contributed by atoms with van der Waals surface area (Å²) in [4.78, 5) is 4.59. The summed E-state index contributed by atoms with van der Waals surface area (Å²) in [5.74, 6) is 0. The van der Waals surface area contributed by atoms with E-state index in [4.69, 9.17) is 10.5 Å². The highest BCUT2D eigenvalue weighted by Crippen LogP contribution is 2.30. The van der Waals surface area contributed by atoms with Gasteiger partial charge in [0.2, 0.25) is 0 Å². The number of sulfone groups is 1. The van der Waals surface area contributed by atoms with Crippen molar-refractivity contribution in [3.05, 3.63) is 30.0 Å². The van der Waals surface area contributed by atoms with Crippen LogP contribution in [0.4, 0.5) is 11.4 Å². The molecule has 8 heteroatoms. The molecule has 1 aliphatic rings. The van der Waals surface area contributed by atoms with Crippen molar-refractivity contribution >= 4 is 21.2 Å². The van der Waals surface area contributed by atoms with Crippen LogP contribution < -0.4 is 10.2 Å². The number of likely N-dealkylation sites (N-methyl/N-ethyl adjacent to an activating group) is 1. The molecule has 1 fully saturated rings. The summed E-state index contributed by atoms with van der Waals surface area (Å²) in [6.45, 7) is 6.81. The van der Waals surface area contributed by atoms with Gasteiger partial charge in [0.25, 0.3) is 0 Å². The number of benzene rings is 1. The fourth-order valence-electron chi connectivity index (χ4n) is 2.63. The second-order valence-electron chi connectivity index (χ2n) is 6.49. The summed E-state index contributed by atoms with van der Waals surface area (Å²) >= 11 is 0. The van der Waals surface area contributed by atoms with Crippen LogP contribution in [0.5, 0.6) is 0 Å². The van der Waals surface area contributed by atoms with Gasteiger partial charge in [-0.15, -0.1) is 0 Å². The van der Waals surface area contributed by atoms with E-state index in [1.165, 1.54) is 6.20 Å². The van der Waals surface area contributed by atoms with E-state index in [0.717, 1.165) is 31.9 Å². The third kappa shape index (κ3) is 4.34. The van der Waals surface area contributed by atoms with E-state index < -0.39 is 15.1 Å². The normalized spacial score (nSPS) is 15.2. The summed E-state index contributed by atoms with van der Waals surface area (Å²) < 4.78 is 25.3. The molecular weight excluding hydrogens is 350 g/mol. The molecule has 1 heterocycles. The lowest BCUT2D eigenvalue weighted by Crippen LogP contribution is -2.44. The lowest BCUT2D eigenvalue weighted by Gasteiger charge is -2.34. The van der Waals surface area contributed by atoms with Gasteiger partial charge in [0, 0.05) is 38.1 Å². The molecular formula is C18H23N5O2S. The average Bonchev–Trinajstić information content (AvgIpc) is 2.62. The fourth-order valence-corrected chi connectivity index (χ4v) is 3.82. The molecule has 0 bridgehead atoms. The van der Waals surface area contributed by atoms with Crippen molar-refractivity contribution in [2.75, 3.05) is 43.4 Å². The Balaban J connectivity index is 2.45. The smallest absolute Gasteiger partial charge is 0.182 e. The molecule has 1 aromatic carbocycles. The molecule has 0 spiro atoms. The van der Waals surface area contributed by atoms with E-state index in [0.29, 0.717) is 5.69 Å². The molecule has 0 aromatic heterocycles. The topological polar surface area (TPSA) is 100 Å². The van der Waals surface area contributed by atoms with Crippen LogP contribution in [0.3, 0.4) is 0 Å². The Morgan fingerprint density at radius 1 is 1.19 bits per heavy atom. The fraction of sp³-hybridized carbons (Fsp3) is 0.444. The Kier molecular flexibility index (Phi) is 6.25. The van der Waals surface area contributed by atoms with Crippen LogP contribution in [0.15, 0.2) is 34.9 Å². The van der Waals surface area contributed by atoms with Gasteiger partial charge in [-0.05, 0) is 39.1 Å². The number of nitrogens with zero attached hydrogens (tertiary/aromatic N) is 4. The van der Waals surface area contributed by atoms with Gasteiger partial charge >= 0.3 is 0 Å². The van der Waals surface area contributed by atoms with Gasteiger partial charge < -0.3 is 15.1 Å². The molecule has 0 atom stereocenters. The maximum atomic E-state index is 12.7. The van der Waals surface area contributed by atoms with Gasteiger partial charge in [-0.1, -0.05) is 0 Å². The van der Waals surface area contributed by atoms with E-state index in [-0.39, 0.29) is 10.5 Å². The zero-order valence-electron chi connectivity index (χ0n) is 15.2. The Labute approximate surface area is 155 Å². The minimum atomic E-state index is -3.51. The summed E-state index contributed by atoms with van der Waals surface area (Å²) in [5.41, 5.74) is 1.16. The van der Waals surface area contributed by atoms with Crippen molar-refractivity contribution in [2.24, 2.45) is 0 Å². The zero-order valence-corrected chi connectivity index (χ0v) is 16.0. The molecule has 2 rings (SSSR count). The largest absolute Gasteiger partial charge is 0.369 e. The van der Waals surface area contributed by atoms with Crippen LogP contribution in [0.1, 0.15) is 13.8 Å². The van der Waals surface area contributed by atoms with Gasteiger partial charge in [-0.25, -0.2) is 8.42 Å². The number of allylic oxidation sites excluding steroid dienone is 1. The summed E-state index contributed by atoms with van der Waals surface area (Å²) in [6, 6.07) is 8.69. The lowest BCUT2D eigenvalue weighted by molar-refractivity contribution is 0.313. The van der Waals surface area contributed by atoms with Crippen molar-refractivity contribution in [1.82, 2.24) is 4.90 Å². The van der Waals surface area contributed by atoms with E-state index in [1.54, 1.807) is 38.1 Å². The first-order valence-electron chi connectivity index (χ1n) is 8.38. The molecule has 0 aliphatic carbocycles. The maximum Gasteiger partial charge on any atom is 0.182 e. The zero-order chi connectivity index (χ0) is 19.3. The van der Waals surface area contributed by atoms with Crippen molar-refractivity contribution in [3.8, 4) is 12.1 Å². The third-order valence-corrected chi connectivity index (χ3v) is 6.58. The first-order chi connectivity index (χ1) is 12.3. The molecule has 0 unspecified atom stereocenters. The molecule has 0 saturated carbocycles. The Morgan fingerprint density at radius 3 is 2.35 bits per heavy atom. The number of hydrogen-bond donors (Lipinski definition) is 1. The van der Waals surface area contributed by atoms with Crippen LogP contribution in [-0.2, 0) is 9.84 Å². The molecule has 138 valence electrons. The van der Waals surface area contributed by atoms with Crippen molar-refractivity contribution in [2.45, 2.75) is 24.0 Å². The van der Waals surface area contributed by atoms with E-state index >= 15 is 0 Å². The number of rotatable bonds is 5. The minimum absolute atomic E-state index is 0.122.